The monoisotopic (exact) mass is 269 g/mol. The van der Waals surface area contributed by atoms with Crippen LogP contribution in [-0.4, -0.2) is 26.5 Å². The van der Waals surface area contributed by atoms with Crippen molar-refractivity contribution >= 4 is 11.6 Å². The molecule has 0 radical (unpaired) electrons. The van der Waals surface area contributed by atoms with Gasteiger partial charge in [-0.25, -0.2) is 0 Å². The summed E-state index contributed by atoms with van der Waals surface area (Å²) in [6.45, 7) is 0. The largest absolute Gasteiger partial charge is 0.496 e. The first-order chi connectivity index (χ1) is 8.69. The van der Waals surface area contributed by atoms with E-state index in [0.29, 0.717) is 28.5 Å². The fourth-order valence-corrected chi connectivity index (χ4v) is 1.75. The van der Waals surface area contributed by atoms with Crippen LogP contribution >= 0.6 is 11.6 Å². The Morgan fingerprint density at radius 1 is 0.944 bits per heavy atom. The van der Waals surface area contributed by atoms with Crippen LogP contribution in [0.3, 0.4) is 0 Å². The number of hydrogen-bond donors (Lipinski definition) is 0. The van der Waals surface area contributed by atoms with Gasteiger partial charge in [-0.15, -0.1) is 0 Å². The smallest absolute Gasteiger partial charge is 0.226 e. The molecule has 0 fully saturated rings. The lowest BCUT2D eigenvalue weighted by molar-refractivity contribution is 0.349. The predicted molar refractivity (Wildman–Crippen MR) is 66.6 cm³/mol. The highest BCUT2D eigenvalue weighted by molar-refractivity contribution is 6.29. The maximum atomic E-state index is 5.71. The van der Waals surface area contributed by atoms with E-state index in [9.17, 15) is 0 Å². The van der Waals surface area contributed by atoms with Gasteiger partial charge in [-0.2, -0.15) is 0 Å². The molecule has 0 aliphatic heterocycles. The standard InChI is InChI=1S/C12H12ClNO4/c1-15-9-6-11(17-3)10(16-2)4-7(9)8-5-12(13)18-14-8/h4-6H,1-3H3. The summed E-state index contributed by atoms with van der Waals surface area (Å²) in [5.41, 5.74) is 1.28. The van der Waals surface area contributed by atoms with Crippen molar-refractivity contribution in [3.05, 3.63) is 23.4 Å². The number of nitrogens with zero attached hydrogens (tertiary/aromatic N) is 1. The first-order valence-electron chi connectivity index (χ1n) is 5.12. The van der Waals surface area contributed by atoms with Crippen molar-refractivity contribution in [3.8, 4) is 28.5 Å². The Bertz CT molecular complexity index is 553. The summed E-state index contributed by atoms with van der Waals surface area (Å²) in [4.78, 5) is 0. The van der Waals surface area contributed by atoms with E-state index in [1.807, 2.05) is 0 Å². The first kappa shape index (κ1) is 12.6. The van der Waals surface area contributed by atoms with Gasteiger partial charge in [0.15, 0.2) is 11.5 Å². The minimum atomic E-state index is 0.210. The van der Waals surface area contributed by atoms with Crippen LogP contribution in [0, 0.1) is 0 Å². The van der Waals surface area contributed by atoms with E-state index >= 15 is 0 Å². The molecule has 1 aromatic heterocycles. The molecule has 2 aromatic rings. The third-order valence-corrected chi connectivity index (χ3v) is 2.64. The first-order valence-corrected chi connectivity index (χ1v) is 5.50. The highest BCUT2D eigenvalue weighted by atomic mass is 35.5. The summed E-state index contributed by atoms with van der Waals surface area (Å²) in [7, 11) is 4.68. The quantitative estimate of drug-likeness (QED) is 0.854. The van der Waals surface area contributed by atoms with Crippen molar-refractivity contribution in [3.63, 3.8) is 0 Å². The van der Waals surface area contributed by atoms with E-state index in [0.717, 1.165) is 0 Å². The van der Waals surface area contributed by atoms with Crippen molar-refractivity contribution in [1.29, 1.82) is 0 Å². The molecule has 2 rings (SSSR count). The van der Waals surface area contributed by atoms with Crippen LogP contribution in [0.2, 0.25) is 5.22 Å². The third kappa shape index (κ3) is 2.22. The molecule has 6 heteroatoms. The van der Waals surface area contributed by atoms with E-state index in [-0.39, 0.29) is 5.22 Å². The lowest BCUT2D eigenvalue weighted by atomic mass is 10.1. The molecule has 0 spiro atoms. The number of halogens is 1. The molecular formula is C12H12ClNO4. The summed E-state index contributed by atoms with van der Waals surface area (Å²) in [6.07, 6.45) is 0. The molecule has 1 heterocycles. The fraction of sp³-hybridized carbons (Fsp3) is 0.250. The highest BCUT2D eigenvalue weighted by Gasteiger charge is 2.16. The number of benzene rings is 1. The molecule has 0 amide bonds. The van der Waals surface area contributed by atoms with Crippen molar-refractivity contribution in [2.24, 2.45) is 0 Å². The van der Waals surface area contributed by atoms with Crippen LogP contribution in [0.5, 0.6) is 17.2 Å². The molecule has 0 saturated carbocycles. The van der Waals surface area contributed by atoms with E-state index in [1.54, 1.807) is 39.5 Å². The Morgan fingerprint density at radius 3 is 2.06 bits per heavy atom. The summed E-state index contributed by atoms with van der Waals surface area (Å²) in [5, 5.41) is 4.05. The summed E-state index contributed by atoms with van der Waals surface area (Å²) < 4.78 is 20.6. The molecular weight excluding hydrogens is 258 g/mol. The Kier molecular flexibility index (Phi) is 3.62. The van der Waals surface area contributed by atoms with Crippen LogP contribution in [0.4, 0.5) is 0 Å². The molecule has 0 atom stereocenters. The van der Waals surface area contributed by atoms with Crippen LogP contribution in [0.15, 0.2) is 22.7 Å². The van der Waals surface area contributed by atoms with Crippen molar-refractivity contribution in [1.82, 2.24) is 5.16 Å². The minimum absolute atomic E-state index is 0.210. The molecule has 5 nitrogen and oxygen atoms in total. The molecule has 0 aliphatic carbocycles. The fourth-order valence-electron chi connectivity index (χ4n) is 1.61. The minimum Gasteiger partial charge on any atom is -0.496 e. The Labute approximate surface area is 109 Å². The van der Waals surface area contributed by atoms with Gasteiger partial charge in [0.2, 0.25) is 5.22 Å². The van der Waals surface area contributed by atoms with E-state index in [2.05, 4.69) is 5.16 Å². The van der Waals surface area contributed by atoms with E-state index < -0.39 is 0 Å². The van der Waals surface area contributed by atoms with Crippen molar-refractivity contribution in [2.45, 2.75) is 0 Å². The van der Waals surface area contributed by atoms with Gasteiger partial charge in [-0.05, 0) is 17.7 Å². The molecule has 1 aromatic carbocycles. The van der Waals surface area contributed by atoms with Crippen LogP contribution in [0.25, 0.3) is 11.3 Å². The van der Waals surface area contributed by atoms with Gasteiger partial charge in [0.1, 0.15) is 11.4 Å². The van der Waals surface area contributed by atoms with Crippen LogP contribution < -0.4 is 14.2 Å². The topological polar surface area (TPSA) is 53.7 Å². The molecule has 0 N–H and O–H groups in total. The number of methoxy groups -OCH3 is 3. The normalized spacial score (nSPS) is 10.2. The zero-order chi connectivity index (χ0) is 13.1. The average Bonchev–Trinajstić information content (AvgIpc) is 2.83. The van der Waals surface area contributed by atoms with Gasteiger partial charge in [-0.3, -0.25) is 0 Å². The molecule has 0 unspecified atom stereocenters. The van der Waals surface area contributed by atoms with Crippen molar-refractivity contribution < 1.29 is 18.7 Å². The SMILES string of the molecule is COc1cc(OC)c(-c2cc(Cl)on2)cc1OC. The van der Waals surface area contributed by atoms with E-state index in [4.69, 9.17) is 30.3 Å². The van der Waals surface area contributed by atoms with Gasteiger partial charge in [0.25, 0.3) is 0 Å². The number of rotatable bonds is 4. The zero-order valence-corrected chi connectivity index (χ0v) is 10.9. The Hall–Kier alpha value is -1.88. The molecule has 0 bridgehead atoms. The predicted octanol–water partition coefficient (Wildman–Crippen LogP) is 3.02. The Balaban J connectivity index is 2.58. The molecule has 96 valence electrons. The number of aromatic nitrogens is 1. The van der Waals surface area contributed by atoms with Gasteiger partial charge >= 0.3 is 0 Å². The third-order valence-electron chi connectivity index (χ3n) is 2.46. The van der Waals surface area contributed by atoms with Gasteiger partial charge in [-0.1, -0.05) is 5.16 Å². The maximum Gasteiger partial charge on any atom is 0.226 e. The summed E-state index contributed by atoms with van der Waals surface area (Å²) in [6, 6.07) is 5.08. The maximum absolute atomic E-state index is 5.71. The molecule has 0 aliphatic rings. The second-order valence-corrected chi connectivity index (χ2v) is 3.80. The molecule has 0 saturated heterocycles. The second-order valence-electron chi connectivity index (χ2n) is 3.42. The van der Waals surface area contributed by atoms with Crippen LogP contribution in [0.1, 0.15) is 0 Å². The summed E-state index contributed by atoms with van der Waals surface area (Å²) in [5.74, 6) is 1.75. The summed E-state index contributed by atoms with van der Waals surface area (Å²) >= 11 is 5.71. The lowest BCUT2D eigenvalue weighted by Crippen LogP contribution is -1.94. The van der Waals surface area contributed by atoms with Gasteiger partial charge in [0.05, 0.1) is 21.3 Å². The van der Waals surface area contributed by atoms with Crippen LogP contribution in [-0.2, 0) is 0 Å². The van der Waals surface area contributed by atoms with Gasteiger partial charge < -0.3 is 18.7 Å². The lowest BCUT2D eigenvalue weighted by Gasteiger charge is -2.12. The van der Waals surface area contributed by atoms with Gasteiger partial charge in [0, 0.05) is 17.7 Å². The average molecular weight is 270 g/mol. The molecule has 18 heavy (non-hydrogen) atoms. The van der Waals surface area contributed by atoms with E-state index in [1.165, 1.54) is 0 Å². The number of hydrogen-bond acceptors (Lipinski definition) is 5. The zero-order valence-electron chi connectivity index (χ0n) is 10.2. The second kappa shape index (κ2) is 5.18. The Morgan fingerprint density at radius 2 is 1.56 bits per heavy atom. The van der Waals surface area contributed by atoms with Crippen molar-refractivity contribution in [2.75, 3.05) is 21.3 Å². The number of ether oxygens (including phenoxy) is 3. The highest BCUT2D eigenvalue weighted by Crippen LogP contribution is 2.39.